The standard InChI is InChI=1S/C12H25NO2/c1-10(2)11(3)13-5-7-15-9-12-4-6-14-8-12/h10-13H,4-9H2,1-3H3. The van der Waals surface area contributed by atoms with E-state index < -0.39 is 0 Å². The fourth-order valence-corrected chi connectivity index (χ4v) is 1.56. The molecule has 3 heteroatoms. The molecule has 0 spiro atoms. The van der Waals surface area contributed by atoms with E-state index in [2.05, 4.69) is 26.1 Å². The van der Waals surface area contributed by atoms with Crippen LogP contribution in [-0.4, -0.2) is 39.0 Å². The molecule has 0 saturated carbocycles. The van der Waals surface area contributed by atoms with Gasteiger partial charge in [0, 0.05) is 25.1 Å². The van der Waals surface area contributed by atoms with Gasteiger partial charge in [-0.3, -0.25) is 0 Å². The minimum Gasteiger partial charge on any atom is -0.381 e. The van der Waals surface area contributed by atoms with Gasteiger partial charge in [0.15, 0.2) is 0 Å². The lowest BCUT2D eigenvalue weighted by Gasteiger charge is -2.17. The predicted octanol–water partition coefficient (Wildman–Crippen LogP) is 1.67. The van der Waals surface area contributed by atoms with E-state index in [-0.39, 0.29) is 0 Å². The van der Waals surface area contributed by atoms with E-state index in [1.165, 1.54) is 0 Å². The summed E-state index contributed by atoms with van der Waals surface area (Å²) in [5.74, 6) is 1.32. The van der Waals surface area contributed by atoms with Crippen LogP contribution in [0.25, 0.3) is 0 Å². The Kier molecular flexibility index (Phi) is 6.22. The summed E-state index contributed by atoms with van der Waals surface area (Å²) in [6.07, 6.45) is 1.16. The highest BCUT2D eigenvalue weighted by Crippen LogP contribution is 2.11. The summed E-state index contributed by atoms with van der Waals surface area (Å²) >= 11 is 0. The fraction of sp³-hybridized carbons (Fsp3) is 1.00. The van der Waals surface area contributed by atoms with Gasteiger partial charge in [0.2, 0.25) is 0 Å². The highest BCUT2D eigenvalue weighted by Gasteiger charge is 2.15. The van der Waals surface area contributed by atoms with Gasteiger partial charge in [0.05, 0.1) is 19.8 Å². The first kappa shape index (κ1) is 12.9. The molecular weight excluding hydrogens is 190 g/mol. The Labute approximate surface area is 93.5 Å². The molecule has 0 aromatic rings. The molecule has 1 N–H and O–H groups in total. The molecule has 3 nitrogen and oxygen atoms in total. The molecule has 0 aliphatic carbocycles. The van der Waals surface area contributed by atoms with E-state index in [1.54, 1.807) is 0 Å². The van der Waals surface area contributed by atoms with E-state index in [9.17, 15) is 0 Å². The summed E-state index contributed by atoms with van der Waals surface area (Å²) < 4.78 is 10.9. The van der Waals surface area contributed by atoms with Crippen molar-refractivity contribution in [3.8, 4) is 0 Å². The Morgan fingerprint density at radius 2 is 2.20 bits per heavy atom. The van der Waals surface area contributed by atoms with Crippen molar-refractivity contribution >= 4 is 0 Å². The lowest BCUT2D eigenvalue weighted by atomic mass is 10.1. The topological polar surface area (TPSA) is 30.5 Å². The molecule has 1 heterocycles. The molecule has 0 amide bonds. The second-order valence-corrected chi connectivity index (χ2v) is 4.79. The molecule has 1 fully saturated rings. The maximum atomic E-state index is 5.61. The van der Waals surface area contributed by atoms with Gasteiger partial charge >= 0.3 is 0 Å². The van der Waals surface area contributed by atoms with Crippen LogP contribution in [0.15, 0.2) is 0 Å². The van der Waals surface area contributed by atoms with Crippen molar-refractivity contribution in [2.75, 3.05) is 33.0 Å². The summed E-state index contributed by atoms with van der Waals surface area (Å²) in [4.78, 5) is 0. The molecule has 0 aromatic carbocycles. The third-order valence-corrected chi connectivity index (χ3v) is 3.09. The van der Waals surface area contributed by atoms with Crippen molar-refractivity contribution < 1.29 is 9.47 Å². The van der Waals surface area contributed by atoms with Crippen LogP contribution >= 0.6 is 0 Å². The Hall–Kier alpha value is -0.120. The number of rotatable bonds is 7. The van der Waals surface area contributed by atoms with Crippen molar-refractivity contribution in [2.24, 2.45) is 11.8 Å². The Balaban J connectivity index is 1.88. The normalized spacial score (nSPS) is 23.6. The van der Waals surface area contributed by atoms with Crippen LogP contribution < -0.4 is 5.32 Å². The third kappa shape index (κ3) is 5.50. The molecule has 1 aliphatic rings. The van der Waals surface area contributed by atoms with Crippen LogP contribution in [0, 0.1) is 11.8 Å². The van der Waals surface area contributed by atoms with E-state index in [4.69, 9.17) is 9.47 Å². The predicted molar refractivity (Wildman–Crippen MR) is 62.0 cm³/mol. The van der Waals surface area contributed by atoms with Crippen LogP contribution in [0.2, 0.25) is 0 Å². The van der Waals surface area contributed by atoms with Crippen molar-refractivity contribution in [3.05, 3.63) is 0 Å². The zero-order chi connectivity index (χ0) is 11.1. The smallest absolute Gasteiger partial charge is 0.0591 e. The van der Waals surface area contributed by atoms with Crippen LogP contribution in [-0.2, 0) is 9.47 Å². The number of hydrogen-bond donors (Lipinski definition) is 1. The fourth-order valence-electron chi connectivity index (χ4n) is 1.56. The molecule has 2 unspecified atom stereocenters. The molecule has 0 radical (unpaired) electrons. The van der Waals surface area contributed by atoms with Crippen LogP contribution in [0.5, 0.6) is 0 Å². The van der Waals surface area contributed by atoms with Crippen LogP contribution in [0.4, 0.5) is 0 Å². The Morgan fingerprint density at radius 3 is 2.80 bits per heavy atom. The first-order valence-corrected chi connectivity index (χ1v) is 6.09. The van der Waals surface area contributed by atoms with Gasteiger partial charge in [-0.1, -0.05) is 13.8 Å². The van der Waals surface area contributed by atoms with Crippen molar-refractivity contribution in [1.82, 2.24) is 5.32 Å². The van der Waals surface area contributed by atoms with Crippen molar-refractivity contribution in [3.63, 3.8) is 0 Å². The van der Waals surface area contributed by atoms with Gasteiger partial charge in [0.1, 0.15) is 0 Å². The SMILES string of the molecule is CC(C)C(C)NCCOCC1CCOC1. The van der Waals surface area contributed by atoms with Crippen molar-refractivity contribution in [1.29, 1.82) is 0 Å². The van der Waals surface area contributed by atoms with Gasteiger partial charge in [-0.25, -0.2) is 0 Å². The van der Waals surface area contributed by atoms with E-state index >= 15 is 0 Å². The van der Waals surface area contributed by atoms with Gasteiger partial charge in [0.25, 0.3) is 0 Å². The Morgan fingerprint density at radius 1 is 1.40 bits per heavy atom. The quantitative estimate of drug-likeness (QED) is 0.655. The zero-order valence-electron chi connectivity index (χ0n) is 10.3. The molecule has 1 aliphatic heterocycles. The van der Waals surface area contributed by atoms with Crippen LogP contribution in [0.3, 0.4) is 0 Å². The number of nitrogens with one attached hydrogen (secondary N) is 1. The first-order chi connectivity index (χ1) is 7.20. The summed E-state index contributed by atoms with van der Waals surface area (Å²) in [7, 11) is 0. The molecule has 0 bridgehead atoms. The average Bonchev–Trinajstić information content (AvgIpc) is 2.69. The third-order valence-electron chi connectivity index (χ3n) is 3.09. The average molecular weight is 215 g/mol. The first-order valence-electron chi connectivity index (χ1n) is 6.09. The van der Waals surface area contributed by atoms with Crippen LogP contribution in [0.1, 0.15) is 27.2 Å². The highest BCUT2D eigenvalue weighted by atomic mass is 16.5. The molecule has 1 rings (SSSR count). The molecule has 0 aromatic heterocycles. The molecule has 15 heavy (non-hydrogen) atoms. The maximum absolute atomic E-state index is 5.61. The minimum absolute atomic E-state index is 0.573. The molecule has 90 valence electrons. The minimum atomic E-state index is 0.573. The van der Waals surface area contributed by atoms with Crippen molar-refractivity contribution in [2.45, 2.75) is 33.2 Å². The highest BCUT2D eigenvalue weighted by molar-refractivity contribution is 4.65. The van der Waals surface area contributed by atoms with E-state index in [1.807, 2.05) is 0 Å². The van der Waals surface area contributed by atoms with Gasteiger partial charge in [-0.2, -0.15) is 0 Å². The molecule has 2 atom stereocenters. The zero-order valence-corrected chi connectivity index (χ0v) is 10.3. The summed E-state index contributed by atoms with van der Waals surface area (Å²) in [5.41, 5.74) is 0. The van der Waals surface area contributed by atoms with Gasteiger partial charge in [-0.15, -0.1) is 0 Å². The Bertz CT molecular complexity index is 152. The largest absolute Gasteiger partial charge is 0.381 e. The van der Waals surface area contributed by atoms with E-state index in [0.29, 0.717) is 17.9 Å². The second-order valence-electron chi connectivity index (χ2n) is 4.79. The maximum Gasteiger partial charge on any atom is 0.0591 e. The number of hydrogen-bond acceptors (Lipinski definition) is 3. The number of ether oxygens (including phenoxy) is 2. The lowest BCUT2D eigenvalue weighted by molar-refractivity contribution is 0.0896. The van der Waals surface area contributed by atoms with Gasteiger partial charge < -0.3 is 14.8 Å². The monoisotopic (exact) mass is 215 g/mol. The van der Waals surface area contributed by atoms with Gasteiger partial charge in [-0.05, 0) is 19.3 Å². The van der Waals surface area contributed by atoms with E-state index in [0.717, 1.165) is 39.4 Å². The summed E-state index contributed by atoms with van der Waals surface area (Å²) in [6.45, 7) is 11.1. The summed E-state index contributed by atoms with van der Waals surface area (Å²) in [5, 5.41) is 3.45. The molecule has 1 saturated heterocycles. The summed E-state index contributed by atoms with van der Waals surface area (Å²) in [6, 6.07) is 0.573. The second kappa shape index (κ2) is 7.20. The lowest BCUT2D eigenvalue weighted by Crippen LogP contribution is -2.33. The molecular formula is C12H25NO2.